The second-order valence-electron chi connectivity index (χ2n) is 5.26. The summed E-state index contributed by atoms with van der Waals surface area (Å²) < 4.78 is 5.23. The van der Waals surface area contributed by atoms with Gasteiger partial charge in [0.1, 0.15) is 12.3 Å². The highest BCUT2D eigenvalue weighted by atomic mass is 16.5. The maximum absolute atomic E-state index is 12.2. The predicted octanol–water partition coefficient (Wildman–Crippen LogP) is 1.99. The van der Waals surface area contributed by atoms with Crippen LogP contribution in [0.1, 0.15) is 37.5 Å². The summed E-state index contributed by atoms with van der Waals surface area (Å²) in [6, 6.07) is 3.89. The first-order valence-electron chi connectivity index (χ1n) is 7.28. The molecule has 0 aliphatic rings. The Morgan fingerprint density at radius 3 is 2.43 bits per heavy atom. The first-order chi connectivity index (χ1) is 11.0. The van der Waals surface area contributed by atoms with Crippen molar-refractivity contribution in [1.29, 1.82) is 0 Å². The number of hydrogen-bond acceptors (Lipinski definition) is 5. The molecule has 0 bridgehead atoms. The molecule has 1 amide bonds. The molecule has 1 aromatic carbocycles. The number of ether oxygens (including phenoxy) is 1. The van der Waals surface area contributed by atoms with E-state index >= 15 is 0 Å². The van der Waals surface area contributed by atoms with Crippen LogP contribution in [0.3, 0.4) is 0 Å². The molecule has 6 heteroatoms. The zero-order valence-electron chi connectivity index (χ0n) is 13.4. The Hall–Kier alpha value is -2.76. The van der Waals surface area contributed by atoms with Gasteiger partial charge >= 0.3 is 5.97 Å². The molecule has 2 rings (SSSR count). The van der Waals surface area contributed by atoms with Crippen molar-refractivity contribution in [3.63, 3.8) is 0 Å². The monoisotopic (exact) mass is 313 g/mol. The second kappa shape index (κ2) is 7.49. The fourth-order valence-electron chi connectivity index (χ4n) is 2.39. The summed E-state index contributed by atoms with van der Waals surface area (Å²) in [6.45, 7) is 6.05. The van der Waals surface area contributed by atoms with E-state index in [1.54, 1.807) is 0 Å². The number of aromatic nitrogens is 2. The summed E-state index contributed by atoms with van der Waals surface area (Å²) >= 11 is 0. The Balaban J connectivity index is 1.85. The van der Waals surface area contributed by atoms with E-state index in [4.69, 9.17) is 4.74 Å². The molecule has 23 heavy (non-hydrogen) atoms. The standard InChI is InChI=1S/C17H19N3O3/c1-11-8-12(2)15(13(3)9-11)17(22)23-7-6-20-16(21)14-10-18-4-5-19-14/h4-5,8-10H,6-7H2,1-3H3,(H,20,21). The van der Waals surface area contributed by atoms with Crippen LogP contribution in [0.5, 0.6) is 0 Å². The zero-order valence-corrected chi connectivity index (χ0v) is 13.4. The van der Waals surface area contributed by atoms with Gasteiger partial charge in [-0.2, -0.15) is 0 Å². The fraction of sp³-hybridized carbons (Fsp3) is 0.294. The minimum atomic E-state index is -0.381. The van der Waals surface area contributed by atoms with Crippen LogP contribution in [0.15, 0.2) is 30.7 Å². The van der Waals surface area contributed by atoms with E-state index in [0.717, 1.165) is 16.7 Å². The van der Waals surface area contributed by atoms with Crippen LogP contribution in [0, 0.1) is 20.8 Å². The van der Waals surface area contributed by atoms with Crippen molar-refractivity contribution in [3.8, 4) is 0 Å². The molecule has 2 aromatic rings. The smallest absolute Gasteiger partial charge is 0.338 e. The number of hydrogen-bond donors (Lipinski definition) is 1. The van der Waals surface area contributed by atoms with E-state index in [0.29, 0.717) is 5.56 Å². The summed E-state index contributed by atoms with van der Waals surface area (Å²) in [6.07, 6.45) is 4.31. The van der Waals surface area contributed by atoms with Crippen molar-refractivity contribution in [2.45, 2.75) is 20.8 Å². The highest BCUT2D eigenvalue weighted by Gasteiger charge is 2.14. The number of esters is 1. The first kappa shape index (κ1) is 16.6. The molecule has 0 aliphatic heterocycles. The van der Waals surface area contributed by atoms with Gasteiger partial charge in [-0.1, -0.05) is 17.7 Å². The van der Waals surface area contributed by atoms with Crippen LogP contribution < -0.4 is 5.32 Å². The summed E-state index contributed by atoms with van der Waals surface area (Å²) in [4.78, 5) is 31.6. The molecule has 0 spiro atoms. The number of aryl methyl sites for hydroxylation is 3. The van der Waals surface area contributed by atoms with Gasteiger partial charge in [-0.15, -0.1) is 0 Å². The second-order valence-corrected chi connectivity index (χ2v) is 5.26. The van der Waals surface area contributed by atoms with Gasteiger partial charge in [0.15, 0.2) is 0 Å². The Bertz CT molecular complexity index is 691. The minimum Gasteiger partial charge on any atom is -0.460 e. The normalized spacial score (nSPS) is 10.2. The molecule has 1 heterocycles. The maximum atomic E-state index is 12.2. The van der Waals surface area contributed by atoms with Gasteiger partial charge in [0.2, 0.25) is 0 Å². The van der Waals surface area contributed by atoms with Crippen LogP contribution in [0.25, 0.3) is 0 Å². The quantitative estimate of drug-likeness (QED) is 0.674. The SMILES string of the molecule is Cc1cc(C)c(C(=O)OCCNC(=O)c2cnccn2)c(C)c1. The predicted molar refractivity (Wildman–Crippen MR) is 85.3 cm³/mol. The van der Waals surface area contributed by atoms with Crippen LogP contribution in [-0.4, -0.2) is 35.0 Å². The Labute approximate surface area is 134 Å². The summed E-state index contributed by atoms with van der Waals surface area (Å²) in [5.41, 5.74) is 3.68. The van der Waals surface area contributed by atoms with E-state index in [1.165, 1.54) is 18.6 Å². The van der Waals surface area contributed by atoms with E-state index in [-0.39, 0.29) is 30.7 Å². The van der Waals surface area contributed by atoms with Gasteiger partial charge in [-0.25, -0.2) is 9.78 Å². The van der Waals surface area contributed by atoms with Crippen molar-refractivity contribution >= 4 is 11.9 Å². The molecule has 0 saturated carbocycles. The molecule has 0 saturated heterocycles. The number of nitrogens with one attached hydrogen (secondary N) is 1. The lowest BCUT2D eigenvalue weighted by Crippen LogP contribution is -2.29. The number of carbonyl (C=O) groups is 2. The highest BCUT2D eigenvalue weighted by molar-refractivity contribution is 5.93. The molecule has 0 aliphatic carbocycles. The third kappa shape index (κ3) is 4.35. The lowest BCUT2D eigenvalue weighted by molar-refractivity contribution is 0.0501. The van der Waals surface area contributed by atoms with Crippen LogP contribution in [0.4, 0.5) is 0 Å². The Morgan fingerprint density at radius 2 is 1.83 bits per heavy atom. The molecule has 6 nitrogen and oxygen atoms in total. The van der Waals surface area contributed by atoms with E-state index in [1.807, 2.05) is 32.9 Å². The van der Waals surface area contributed by atoms with Gasteiger partial charge in [-0.3, -0.25) is 9.78 Å². The largest absolute Gasteiger partial charge is 0.460 e. The zero-order chi connectivity index (χ0) is 16.8. The number of benzene rings is 1. The van der Waals surface area contributed by atoms with Crippen LogP contribution in [-0.2, 0) is 4.74 Å². The molecule has 0 unspecified atom stereocenters. The van der Waals surface area contributed by atoms with Crippen molar-refractivity contribution in [1.82, 2.24) is 15.3 Å². The van der Waals surface area contributed by atoms with Crippen molar-refractivity contribution in [2.75, 3.05) is 13.2 Å². The highest BCUT2D eigenvalue weighted by Crippen LogP contribution is 2.17. The fourth-order valence-corrected chi connectivity index (χ4v) is 2.39. The Kier molecular flexibility index (Phi) is 5.41. The molecular weight excluding hydrogens is 294 g/mol. The third-order valence-corrected chi connectivity index (χ3v) is 3.30. The van der Waals surface area contributed by atoms with Gasteiger partial charge in [-0.05, 0) is 31.9 Å². The lowest BCUT2D eigenvalue weighted by Gasteiger charge is -2.11. The van der Waals surface area contributed by atoms with E-state index in [9.17, 15) is 9.59 Å². The first-order valence-corrected chi connectivity index (χ1v) is 7.28. The minimum absolute atomic E-state index is 0.0948. The van der Waals surface area contributed by atoms with Gasteiger partial charge in [0, 0.05) is 12.4 Å². The number of carbonyl (C=O) groups excluding carboxylic acids is 2. The van der Waals surface area contributed by atoms with Crippen molar-refractivity contribution in [2.24, 2.45) is 0 Å². The molecule has 1 aromatic heterocycles. The average molecular weight is 313 g/mol. The number of rotatable bonds is 5. The van der Waals surface area contributed by atoms with E-state index in [2.05, 4.69) is 15.3 Å². The summed E-state index contributed by atoms with van der Waals surface area (Å²) in [7, 11) is 0. The summed E-state index contributed by atoms with van der Waals surface area (Å²) in [5, 5.41) is 2.63. The maximum Gasteiger partial charge on any atom is 0.338 e. The number of nitrogens with zero attached hydrogens (tertiary/aromatic N) is 2. The van der Waals surface area contributed by atoms with Gasteiger partial charge < -0.3 is 10.1 Å². The van der Waals surface area contributed by atoms with Crippen molar-refractivity contribution in [3.05, 3.63) is 58.7 Å². The average Bonchev–Trinajstić information content (AvgIpc) is 2.51. The molecule has 0 atom stereocenters. The molecule has 1 N–H and O–H groups in total. The summed E-state index contributed by atoms with van der Waals surface area (Å²) in [5.74, 6) is -0.731. The molecule has 120 valence electrons. The Morgan fingerprint density at radius 1 is 1.13 bits per heavy atom. The topological polar surface area (TPSA) is 81.2 Å². The third-order valence-electron chi connectivity index (χ3n) is 3.30. The van der Waals surface area contributed by atoms with Crippen molar-refractivity contribution < 1.29 is 14.3 Å². The van der Waals surface area contributed by atoms with Gasteiger partial charge in [0.25, 0.3) is 5.91 Å². The van der Waals surface area contributed by atoms with Crippen LogP contribution in [0.2, 0.25) is 0 Å². The number of amides is 1. The van der Waals surface area contributed by atoms with Crippen LogP contribution >= 0.6 is 0 Å². The van der Waals surface area contributed by atoms with E-state index < -0.39 is 0 Å². The van der Waals surface area contributed by atoms with Gasteiger partial charge in [0.05, 0.1) is 18.3 Å². The molecule has 0 fully saturated rings. The molecular formula is C17H19N3O3. The molecule has 0 radical (unpaired) electrons. The lowest BCUT2D eigenvalue weighted by atomic mass is 10.00.